The van der Waals surface area contributed by atoms with Crippen molar-refractivity contribution >= 4 is 11.8 Å². The summed E-state index contributed by atoms with van der Waals surface area (Å²) in [6.45, 7) is 0.516. The molecule has 0 unspecified atom stereocenters. The maximum absolute atomic E-state index is 5.53. The second-order valence-corrected chi connectivity index (χ2v) is 3.80. The zero-order valence-corrected chi connectivity index (χ0v) is 9.94. The summed E-state index contributed by atoms with van der Waals surface area (Å²) in [5, 5.41) is 17.8. The molecule has 0 aliphatic heterocycles. The fraction of sp³-hybridized carbons (Fsp3) is 0.222. The highest BCUT2D eigenvalue weighted by Gasteiger charge is 2.16. The van der Waals surface area contributed by atoms with Gasteiger partial charge in [-0.05, 0) is 10.3 Å². The number of nitrogen functional groups attached to an aromatic ring is 1. The third-order valence-electron chi connectivity index (χ3n) is 2.35. The van der Waals surface area contributed by atoms with Crippen LogP contribution in [0.25, 0.3) is 11.5 Å². The molecule has 0 aromatic carbocycles. The number of anilines is 2. The molecule has 98 valence electrons. The van der Waals surface area contributed by atoms with E-state index < -0.39 is 0 Å². The van der Waals surface area contributed by atoms with E-state index in [0.717, 1.165) is 5.56 Å². The predicted molar refractivity (Wildman–Crippen MR) is 62.5 cm³/mol. The summed E-state index contributed by atoms with van der Waals surface area (Å²) in [7, 11) is 1.84. The van der Waals surface area contributed by atoms with Crippen molar-refractivity contribution in [2.24, 2.45) is 7.05 Å². The number of aryl methyl sites for hydroxylation is 1. The minimum atomic E-state index is 0.111. The minimum absolute atomic E-state index is 0.111. The van der Waals surface area contributed by atoms with E-state index in [0.29, 0.717) is 6.54 Å². The Morgan fingerprint density at radius 2 is 2.26 bits per heavy atom. The smallest absolute Gasteiger partial charge is 0.322 e. The summed E-state index contributed by atoms with van der Waals surface area (Å²) in [5.74, 6) is 0.326. The lowest BCUT2D eigenvalue weighted by Gasteiger charge is -1.95. The Bertz CT molecular complexity index is 684. The lowest BCUT2D eigenvalue weighted by atomic mass is 10.4. The van der Waals surface area contributed by atoms with Crippen molar-refractivity contribution in [1.82, 2.24) is 30.2 Å². The molecule has 10 nitrogen and oxygen atoms in total. The molecule has 0 saturated carbocycles. The lowest BCUT2D eigenvalue weighted by Crippen LogP contribution is -1.98. The van der Waals surface area contributed by atoms with Crippen LogP contribution in [0.4, 0.5) is 11.8 Å². The largest absolute Gasteiger partial charge is 0.379 e. The number of rotatable bonds is 4. The van der Waals surface area contributed by atoms with Crippen molar-refractivity contribution in [3.05, 3.63) is 18.0 Å². The minimum Gasteiger partial charge on any atom is -0.379 e. The normalized spacial score (nSPS) is 10.8. The molecule has 19 heavy (non-hydrogen) atoms. The quantitative estimate of drug-likeness (QED) is 0.668. The highest BCUT2D eigenvalue weighted by Crippen LogP contribution is 2.19. The molecule has 0 aliphatic rings. The van der Waals surface area contributed by atoms with Gasteiger partial charge in [0, 0.05) is 25.4 Å². The predicted octanol–water partition coefficient (Wildman–Crippen LogP) is 0.0474. The zero-order chi connectivity index (χ0) is 13.2. The molecular weight excluding hydrogens is 252 g/mol. The van der Waals surface area contributed by atoms with Crippen LogP contribution in [-0.4, -0.2) is 30.2 Å². The second-order valence-electron chi connectivity index (χ2n) is 3.80. The van der Waals surface area contributed by atoms with Gasteiger partial charge in [0.25, 0.3) is 0 Å². The van der Waals surface area contributed by atoms with Gasteiger partial charge < -0.3 is 15.6 Å². The van der Waals surface area contributed by atoms with E-state index in [1.54, 1.807) is 10.9 Å². The van der Waals surface area contributed by atoms with Gasteiger partial charge in [0.05, 0.1) is 6.20 Å². The van der Waals surface area contributed by atoms with Gasteiger partial charge in [-0.1, -0.05) is 5.16 Å². The van der Waals surface area contributed by atoms with E-state index in [4.69, 9.17) is 10.3 Å². The SMILES string of the molecule is Cn1cc(CNc2nc(-c3nonc3N)no2)cn1. The van der Waals surface area contributed by atoms with Crippen molar-refractivity contribution in [2.45, 2.75) is 6.54 Å². The number of nitrogens with one attached hydrogen (secondary N) is 1. The molecule has 3 N–H and O–H groups in total. The van der Waals surface area contributed by atoms with Crippen LogP contribution in [0, 0.1) is 0 Å². The standard InChI is InChI=1S/C9H10N8O2/c1-17-4-5(3-12-17)2-11-9-13-8(16-18-9)6-7(10)15-19-14-6/h3-4H,2H2,1H3,(H2,10,15)(H,11,13,16). The Morgan fingerprint density at radius 1 is 1.37 bits per heavy atom. The average molecular weight is 262 g/mol. The summed E-state index contributed by atoms with van der Waals surface area (Å²) in [5.41, 5.74) is 6.77. The first-order chi connectivity index (χ1) is 9.22. The van der Waals surface area contributed by atoms with Gasteiger partial charge in [0.15, 0.2) is 11.5 Å². The monoisotopic (exact) mass is 262 g/mol. The fourth-order valence-corrected chi connectivity index (χ4v) is 1.48. The third kappa shape index (κ3) is 2.22. The van der Waals surface area contributed by atoms with Crippen LogP contribution < -0.4 is 11.1 Å². The molecule has 0 spiro atoms. The van der Waals surface area contributed by atoms with Crippen molar-refractivity contribution in [1.29, 1.82) is 0 Å². The Kier molecular flexibility index (Phi) is 2.59. The van der Waals surface area contributed by atoms with Gasteiger partial charge in [-0.25, -0.2) is 4.63 Å². The van der Waals surface area contributed by atoms with E-state index in [9.17, 15) is 0 Å². The number of hydrogen-bond donors (Lipinski definition) is 2. The molecule has 0 saturated heterocycles. The molecule has 3 aromatic rings. The Balaban J connectivity index is 1.70. The molecule has 3 aromatic heterocycles. The Morgan fingerprint density at radius 3 is 2.95 bits per heavy atom. The highest BCUT2D eigenvalue weighted by molar-refractivity contribution is 5.62. The summed E-state index contributed by atoms with van der Waals surface area (Å²) in [6, 6.07) is 0.251. The first-order valence-corrected chi connectivity index (χ1v) is 5.36. The molecule has 0 radical (unpaired) electrons. The van der Waals surface area contributed by atoms with Gasteiger partial charge in [-0.3, -0.25) is 4.68 Å². The van der Waals surface area contributed by atoms with E-state index >= 15 is 0 Å². The lowest BCUT2D eigenvalue weighted by molar-refractivity contribution is 0.310. The van der Waals surface area contributed by atoms with Crippen molar-refractivity contribution in [2.75, 3.05) is 11.1 Å². The van der Waals surface area contributed by atoms with E-state index in [2.05, 4.69) is 35.5 Å². The molecule has 0 aliphatic carbocycles. The van der Waals surface area contributed by atoms with E-state index in [1.165, 1.54) is 0 Å². The van der Waals surface area contributed by atoms with Gasteiger partial charge in [0.2, 0.25) is 5.82 Å². The van der Waals surface area contributed by atoms with Gasteiger partial charge in [-0.2, -0.15) is 10.1 Å². The summed E-state index contributed by atoms with van der Waals surface area (Å²) < 4.78 is 11.2. The van der Waals surface area contributed by atoms with Crippen LogP contribution in [0.2, 0.25) is 0 Å². The Labute approximate surface area is 106 Å². The van der Waals surface area contributed by atoms with Crippen molar-refractivity contribution in [3.8, 4) is 11.5 Å². The number of hydrogen-bond acceptors (Lipinski definition) is 9. The summed E-state index contributed by atoms with van der Waals surface area (Å²) >= 11 is 0. The zero-order valence-electron chi connectivity index (χ0n) is 9.94. The molecule has 0 fully saturated rings. The molecule has 0 amide bonds. The molecular formula is C9H10N8O2. The summed E-state index contributed by atoms with van der Waals surface area (Å²) in [4.78, 5) is 4.08. The topological polar surface area (TPSA) is 134 Å². The maximum Gasteiger partial charge on any atom is 0.322 e. The highest BCUT2D eigenvalue weighted by atomic mass is 16.6. The number of nitrogens with two attached hydrogens (primary N) is 1. The molecule has 10 heteroatoms. The van der Waals surface area contributed by atoms with Crippen LogP contribution in [-0.2, 0) is 13.6 Å². The van der Waals surface area contributed by atoms with Crippen LogP contribution in [0.15, 0.2) is 21.5 Å². The van der Waals surface area contributed by atoms with Gasteiger partial charge in [-0.15, -0.1) is 0 Å². The molecule has 0 atom stereocenters. The maximum atomic E-state index is 5.53. The Hall–Kier alpha value is -2.91. The number of aromatic nitrogens is 6. The van der Waals surface area contributed by atoms with E-state index in [1.807, 2.05) is 13.2 Å². The number of nitrogens with zero attached hydrogens (tertiary/aromatic N) is 6. The average Bonchev–Trinajstić information content (AvgIpc) is 3.07. The van der Waals surface area contributed by atoms with Crippen LogP contribution in [0.5, 0.6) is 0 Å². The molecule has 3 heterocycles. The van der Waals surface area contributed by atoms with Gasteiger partial charge >= 0.3 is 6.01 Å². The van der Waals surface area contributed by atoms with Crippen LogP contribution in [0.1, 0.15) is 5.56 Å². The van der Waals surface area contributed by atoms with Crippen molar-refractivity contribution < 1.29 is 9.15 Å². The van der Waals surface area contributed by atoms with E-state index in [-0.39, 0.29) is 23.4 Å². The molecule has 0 bridgehead atoms. The van der Waals surface area contributed by atoms with Gasteiger partial charge in [0.1, 0.15) is 0 Å². The third-order valence-corrected chi connectivity index (χ3v) is 2.35. The second kappa shape index (κ2) is 4.40. The molecule has 3 rings (SSSR count). The summed E-state index contributed by atoms with van der Waals surface area (Å²) in [6.07, 6.45) is 3.62. The first-order valence-electron chi connectivity index (χ1n) is 5.36. The fourth-order valence-electron chi connectivity index (χ4n) is 1.48. The van der Waals surface area contributed by atoms with Crippen LogP contribution in [0.3, 0.4) is 0 Å². The first kappa shape index (κ1) is 11.2. The van der Waals surface area contributed by atoms with Crippen molar-refractivity contribution in [3.63, 3.8) is 0 Å². The van der Waals surface area contributed by atoms with Crippen LogP contribution >= 0.6 is 0 Å².